The Morgan fingerprint density at radius 3 is 2.55 bits per heavy atom. The predicted molar refractivity (Wildman–Crippen MR) is 72.5 cm³/mol. The van der Waals surface area contributed by atoms with E-state index in [-0.39, 0.29) is 28.4 Å². The first-order valence-corrected chi connectivity index (χ1v) is 6.23. The van der Waals surface area contributed by atoms with Crippen LogP contribution in [0.25, 0.3) is 5.65 Å². The summed E-state index contributed by atoms with van der Waals surface area (Å²) >= 11 is 0. The van der Waals surface area contributed by atoms with Crippen molar-refractivity contribution in [1.29, 1.82) is 0 Å². The lowest BCUT2D eigenvalue weighted by Gasteiger charge is -2.17. The summed E-state index contributed by atoms with van der Waals surface area (Å²) in [6.07, 6.45) is 1.31. The minimum absolute atomic E-state index is 0.102. The maximum Gasteiger partial charge on any atom is 0.352 e. The molecule has 2 aromatic heterocycles. The molecule has 8 heteroatoms. The molecule has 2 heterocycles. The number of imidazole rings is 1. The zero-order valence-electron chi connectivity index (χ0n) is 12.3. The van der Waals surface area contributed by atoms with Crippen LogP contribution in [0.1, 0.15) is 31.3 Å². The Morgan fingerprint density at radius 2 is 2.00 bits per heavy atom. The van der Waals surface area contributed by atoms with Crippen molar-refractivity contribution >= 4 is 11.6 Å². The van der Waals surface area contributed by atoms with Gasteiger partial charge >= 0.3 is 5.69 Å². The summed E-state index contributed by atoms with van der Waals surface area (Å²) in [5, 5.41) is 7.84. The molecular formula is C12H18N6O2. The molecule has 0 aliphatic carbocycles. The van der Waals surface area contributed by atoms with E-state index in [0.29, 0.717) is 6.54 Å². The van der Waals surface area contributed by atoms with Gasteiger partial charge in [0.05, 0.1) is 6.54 Å². The second kappa shape index (κ2) is 4.69. The third-order valence-corrected chi connectivity index (χ3v) is 2.65. The summed E-state index contributed by atoms with van der Waals surface area (Å²) in [6.45, 7) is 6.44. The first-order chi connectivity index (χ1) is 9.20. The van der Waals surface area contributed by atoms with Crippen molar-refractivity contribution in [3.05, 3.63) is 22.5 Å². The van der Waals surface area contributed by atoms with Crippen molar-refractivity contribution in [2.24, 2.45) is 5.41 Å². The van der Waals surface area contributed by atoms with Gasteiger partial charge in [-0.3, -0.25) is 4.79 Å². The minimum Gasteiger partial charge on any atom is -0.343 e. The maximum absolute atomic E-state index is 12.3. The van der Waals surface area contributed by atoms with Gasteiger partial charge < -0.3 is 4.90 Å². The number of amides is 1. The first kappa shape index (κ1) is 14.2. The molecule has 0 spiro atoms. The molecule has 0 atom stereocenters. The number of aromatic nitrogens is 5. The van der Waals surface area contributed by atoms with Gasteiger partial charge in [0.2, 0.25) is 0 Å². The van der Waals surface area contributed by atoms with Crippen molar-refractivity contribution in [3.8, 4) is 0 Å². The summed E-state index contributed by atoms with van der Waals surface area (Å²) in [5.74, 6) is -0.310. The Balaban J connectivity index is 2.55. The Labute approximate surface area is 116 Å². The molecule has 108 valence electrons. The summed E-state index contributed by atoms with van der Waals surface area (Å²) in [5.41, 5.74) is -0.147. The van der Waals surface area contributed by atoms with Crippen LogP contribution in [0.3, 0.4) is 0 Å². The van der Waals surface area contributed by atoms with Gasteiger partial charge in [-0.05, 0) is 5.41 Å². The second-order valence-corrected chi connectivity index (χ2v) is 6.08. The predicted octanol–water partition coefficient (Wildman–Crippen LogP) is 0.0339. The first-order valence-electron chi connectivity index (χ1n) is 6.23. The van der Waals surface area contributed by atoms with Crippen molar-refractivity contribution in [3.63, 3.8) is 0 Å². The van der Waals surface area contributed by atoms with Gasteiger partial charge in [0.25, 0.3) is 5.91 Å². The van der Waals surface area contributed by atoms with E-state index in [1.165, 1.54) is 20.3 Å². The SMILES string of the molecule is CN(C)C(=O)c1ncn2c(=O)n(CC(C)(C)C)nnc12. The molecule has 0 radical (unpaired) electrons. The Hall–Kier alpha value is -2.25. The number of rotatable bonds is 2. The Morgan fingerprint density at radius 1 is 1.35 bits per heavy atom. The number of carbonyl (C=O) groups is 1. The summed E-state index contributed by atoms with van der Waals surface area (Å²) in [4.78, 5) is 29.5. The number of carbonyl (C=O) groups excluding carboxylic acids is 1. The van der Waals surface area contributed by atoms with Crippen LogP contribution in [0.15, 0.2) is 11.1 Å². The lowest BCUT2D eigenvalue weighted by Crippen LogP contribution is -2.34. The van der Waals surface area contributed by atoms with Crippen LogP contribution in [0.4, 0.5) is 0 Å². The smallest absolute Gasteiger partial charge is 0.343 e. The molecule has 2 rings (SSSR count). The molecule has 0 bridgehead atoms. The van der Waals surface area contributed by atoms with Gasteiger partial charge in [-0.15, -0.1) is 5.10 Å². The van der Waals surface area contributed by atoms with Crippen molar-refractivity contribution in [2.45, 2.75) is 27.3 Å². The van der Waals surface area contributed by atoms with Crippen molar-refractivity contribution in [2.75, 3.05) is 14.1 Å². The van der Waals surface area contributed by atoms with Crippen LogP contribution in [0, 0.1) is 5.41 Å². The number of hydrogen-bond acceptors (Lipinski definition) is 5. The maximum atomic E-state index is 12.3. The van der Waals surface area contributed by atoms with Gasteiger partial charge in [0.1, 0.15) is 6.33 Å². The lowest BCUT2D eigenvalue weighted by molar-refractivity contribution is 0.0824. The van der Waals surface area contributed by atoms with Crippen molar-refractivity contribution < 1.29 is 4.79 Å². The molecule has 0 aliphatic rings. The lowest BCUT2D eigenvalue weighted by atomic mass is 9.97. The standard InChI is InChI=1S/C12H18N6O2/c1-12(2,3)6-18-11(20)17-7-13-8(9(17)14-15-18)10(19)16(4)5/h7H,6H2,1-5H3. The topological polar surface area (TPSA) is 85.4 Å². The molecule has 0 unspecified atom stereocenters. The van der Waals surface area contributed by atoms with Crippen LogP contribution in [0.5, 0.6) is 0 Å². The molecule has 20 heavy (non-hydrogen) atoms. The van der Waals surface area contributed by atoms with Crippen LogP contribution in [-0.2, 0) is 6.54 Å². The molecule has 2 aromatic rings. The molecule has 0 saturated carbocycles. The van der Waals surface area contributed by atoms with E-state index in [1.807, 2.05) is 20.8 Å². The number of fused-ring (bicyclic) bond motifs is 1. The van der Waals surface area contributed by atoms with Crippen LogP contribution < -0.4 is 5.69 Å². The molecule has 0 aliphatic heterocycles. The summed E-state index contributed by atoms with van der Waals surface area (Å²) < 4.78 is 2.52. The van der Waals surface area contributed by atoms with Crippen LogP contribution >= 0.6 is 0 Å². The van der Waals surface area contributed by atoms with E-state index in [1.54, 1.807) is 14.1 Å². The summed E-state index contributed by atoms with van der Waals surface area (Å²) in [7, 11) is 3.23. The molecular weight excluding hydrogens is 260 g/mol. The van der Waals surface area contributed by atoms with E-state index < -0.39 is 0 Å². The fraction of sp³-hybridized carbons (Fsp3) is 0.583. The Kier molecular flexibility index (Phi) is 3.33. The normalized spacial score (nSPS) is 11.8. The van der Waals surface area contributed by atoms with Crippen molar-refractivity contribution in [1.82, 2.24) is 29.3 Å². The van der Waals surface area contributed by atoms with E-state index in [2.05, 4.69) is 15.3 Å². The third kappa shape index (κ3) is 2.54. The van der Waals surface area contributed by atoms with Crippen LogP contribution in [-0.4, -0.2) is 49.3 Å². The third-order valence-electron chi connectivity index (χ3n) is 2.65. The van der Waals surface area contributed by atoms with E-state index >= 15 is 0 Å². The quantitative estimate of drug-likeness (QED) is 0.774. The van der Waals surface area contributed by atoms with Gasteiger partial charge in [0.15, 0.2) is 11.3 Å². The van der Waals surface area contributed by atoms with Gasteiger partial charge in [0, 0.05) is 14.1 Å². The molecule has 0 aromatic carbocycles. The Bertz CT molecular complexity index is 707. The van der Waals surface area contributed by atoms with Gasteiger partial charge in [-0.1, -0.05) is 26.0 Å². The highest BCUT2D eigenvalue weighted by Crippen LogP contribution is 2.14. The van der Waals surface area contributed by atoms with E-state index in [4.69, 9.17) is 0 Å². The van der Waals surface area contributed by atoms with Gasteiger partial charge in [-0.25, -0.2) is 14.2 Å². The molecule has 8 nitrogen and oxygen atoms in total. The monoisotopic (exact) mass is 278 g/mol. The highest BCUT2D eigenvalue weighted by Gasteiger charge is 2.20. The zero-order valence-corrected chi connectivity index (χ0v) is 12.3. The average Bonchev–Trinajstić information content (AvgIpc) is 2.74. The highest BCUT2D eigenvalue weighted by molar-refractivity contribution is 5.97. The summed E-state index contributed by atoms with van der Waals surface area (Å²) in [6, 6.07) is 0. The number of hydrogen-bond donors (Lipinski definition) is 0. The van der Waals surface area contributed by atoms with E-state index in [9.17, 15) is 9.59 Å². The fourth-order valence-electron chi connectivity index (χ4n) is 1.75. The zero-order chi connectivity index (χ0) is 15.1. The van der Waals surface area contributed by atoms with Crippen LogP contribution in [0.2, 0.25) is 0 Å². The van der Waals surface area contributed by atoms with E-state index in [0.717, 1.165) is 0 Å². The molecule has 0 saturated heterocycles. The molecule has 1 amide bonds. The number of nitrogens with zero attached hydrogens (tertiary/aromatic N) is 6. The minimum atomic E-state index is -0.352. The second-order valence-electron chi connectivity index (χ2n) is 6.08. The molecule has 0 fully saturated rings. The fourth-order valence-corrected chi connectivity index (χ4v) is 1.75. The molecule has 0 N–H and O–H groups in total. The van der Waals surface area contributed by atoms with Gasteiger partial charge in [-0.2, -0.15) is 4.68 Å². The average molecular weight is 278 g/mol. The highest BCUT2D eigenvalue weighted by atomic mass is 16.2. The largest absolute Gasteiger partial charge is 0.352 e.